The Kier molecular flexibility index (Phi) is 3.62. The summed E-state index contributed by atoms with van der Waals surface area (Å²) in [4.78, 5) is 14.5. The first-order chi connectivity index (χ1) is 8.65. The molecule has 1 N–H and O–H groups in total. The van der Waals surface area contributed by atoms with Gasteiger partial charge in [0.2, 0.25) is 0 Å². The Morgan fingerprint density at radius 2 is 2.11 bits per heavy atom. The monoisotopic (exact) mass is 247 g/mol. The normalized spacial score (nSPS) is 10.3. The quantitative estimate of drug-likeness (QED) is 0.876. The van der Waals surface area contributed by atoms with Gasteiger partial charge in [-0.1, -0.05) is 12.1 Å². The van der Waals surface area contributed by atoms with E-state index in [-0.39, 0.29) is 6.42 Å². The molecule has 2 aromatic rings. The van der Waals surface area contributed by atoms with Crippen molar-refractivity contribution in [3.8, 4) is 5.75 Å². The summed E-state index contributed by atoms with van der Waals surface area (Å²) in [6, 6.07) is 6.96. The Bertz CT molecular complexity index is 530. The number of benzene rings is 1. The van der Waals surface area contributed by atoms with Gasteiger partial charge in [-0.25, -0.2) is 4.98 Å². The predicted octanol–water partition coefficient (Wildman–Crippen LogP) is 2.19. The lowest BCUT2D eigenvalue weighted by Crippen LogP contribution is -2.00. The molecule has 0 saturated carbocycles. The average molecular weight is 247 g/mol. The van der Waals surface area contributed by atoms with E-state index in [9.17, 15) is 4.79 Å². The molecular formula is C13H13NO4. The lowest BCUT2D eigenvalue weighted by molar-refractivity contribution is -0.136. The van der Waals surface area contributed by atoms with Gasteiger partial charge in [0.15, 0.2) is 6.39 Å². The molecule has 94 valence electrons. The van der Waals surface area contributed by atoms with E-state index in [0.29, 0.717) is 12.4 Å². The zero-order chi connectivity index (χ0) is 13.0. The Morgan fingerprint density at radius 1 is 1.39 bits per heavy atom. The van der Waals surface area contributed by atoms with Crippen LogP contribution in [0.15, 0.2) is 35.1 Å². The summed E-state index contributed by atoms with van der Waals surface area (Å²) in [6.45, 7) is 2.16. The molecule has 0 saturated heterocycles. The first kappa shape index (κ1) is 12.2. The van der Waals surface area contributed by atoms with Crippen molar-refractivity contribution in [2.24, 2.45) is 0 Å². The van der Waals surface area contributed by atoms with Crippen LogP contribution in [-0.2, 0) is 17.8 Å². The third kappa shape index (κ3) is 3.10. The summed E-state index contributed by atoms with van der Waals surface area (Å²) < 4.78 is 10.6. The van der Waals surface area contributed by atoms with E-state index in [2.05, 4.69) is 4.98 Å². The maximum atomic E-state index is 10.5. The SMILES string of the molecule is Cc1ocnc1COc1ccc(CC(=O)O)cc1. The van der Waals surface area contributed by atoms with Crippen LogP contribution in [0.2, 0.25) is 0 Å². The van der Waals surface area contributed by atoms with E-state index in [0.717, 1.165) is 17.0 Å². The van der Waals surface area contributed by atoms with Crippen LogP contribution in [0.4, 0.5) is 0 Å². The predicted molar refractivity (Wildman–Crippen MR) is 63.4 cm³/mol. The molecule has 0 aliphatic heterocycles. The van der Waals surface area contributed by atoms with Crippen LogP contribution in [0.3, 0.4) is 0 Å². The number of aryl methyl sites for hydroxylation is 1. The molecule has 0 aliphatic carbocycles. The van der Waals surface area contributed by atoms with Gasteiger partial charge < -0.3 is 14.3 Å². The lowest BCUT2D eigenvalue weighted by Gasteiger charge is -2.05. The summed E-state index contributed by atoms with van der Waals surface area (Å²) in [6.07, 6.45) is 1.40. The summed E-state index contributed by atoms with van der Waals surface area (Å²) in [5.41, 5.74) is 1.50. The number of aliphatic carboxylic acids is 1. The third-order valence-corrected chi connectivity index (χ3v) is 2.50. The van der Waals surface area contributed by atoms with E-state index < -0.39 is 5.97 Å². The fourth-order valence-electron chi connectivity index (χ4n) is 1.50. The van der Waals surface area contributed by atoms with Crippen LogP contribution >= 0.6 is 0 Å². The highest BCUT2D eigenvalue weighted by Crippen LogP contribution is 2.15. The van der Waals surface area contributed by atoms with Crippen LogP contribution in [0.1, 0.15) is 17.0 Å². The van der Waals surface area contributed by atoms with Gasteiger partial charge in [0.25, 0.3) is 0 Å². The van der Waals surface area contributed by atoms with Crippen molar-refractivity contribution in [1.82, 2.24) is 4.98 Å². The maximum Gasteiger partial charge on any atom is 0.307 e. The molecule has 0 radical (unpaired) electrons. The van der Waals surface area contributed by atoms with Crippen molar-refractivity contribution in [2.45, 2.75) is 20.0 Å². The minimum absolute atomic E-state index is 0.0165. The Labute approximate surface area is 104 Å². The van der Waals surface area contributed by atoms with E-state index in [1.165, 1.54) is 6.39 Å². The molecule has 0 amide bonds. The van der Waals surface area contributed by atoms with Crippen molar-refractivity contribution < 1.29 is 19.1 Å². The number of carboxylic acids is 1. The third-order valence-electron chi connectivity index (χ3n) is 2.50. The molecule has 1 heterocycles. The van der Waals surface area contributed by atoms with E-state index in [1.54, 1.807) is 24.3 Å². The Morgan fingerprint density at radius 3 is 2.67 bits per heavy atom. The number of rotatable bonds is 5. The lowest BCUT2D eigenvalue weighted by atomic mass is 10.1. The van der Waals surface area contributed by atoms with E-state index in [1.807, 2.05) is 6.92 Å². The molecular weight excluding hydrogens is 234 g/mol. The minimum atomic E-state index is -0.845. The van der Waals surface area contributed by atoms with Crippen LogP contribution in [0.5, 0.6) is 5.75 Å². The molecule has 0 spiro atoms. The highest BCUT2D eigenvalue weighted by atomic mass is 16.5. The molecule has 0 fully saturated rings. The highest BCUT2D eigenvalue weighted by molar-refractivity contribution is 5.70. The number of oxazole rings is 1. The second-order valence-electron chi connectivity index (χ2n) is 3.86. The molecule has 5 nitrogen and oxygen atoms in total. The molecule has 18 heavy (non-hydrogen) atoms. The molecule has 1 aromatic carbocycles. The molecule has 0 atom stereocenters. The number of carboxylic acid groups (broad SMARTS) is 1. The van der Waals surface area contributed by atoms with Gasteiger partial charge in [0, 0.05) is 0 Å². The topological polar surface area (TPSA) is 72.6 Å². The second kappa shape index (κ2) is 5.35. The van der Waals surface area contributed by atoms with Gasteiger partial charge in [-0.2, -0.15) is 0 Å². The van der Waals surface area contributed by atoms with E-state index in [4.69, 9.17) is 14.3 Å². The van der Waals surface area contributed by atoms with Crippen LogP contribution < -0.4 is 4.74 Å². The van der Waals surface area contributed by atoms with Crippen molar-refractivity contribution in [3.63, 3.8) is 0 Å². The number of nitrogens with zero attached hydrogens (tertiary/aromatic N) is 1. The molecule has 1 aromatic heterocycles. The van der Waals surface area contributed by atoms with Gasteiger partial charge >= 0.3 is 5.97 Å². The number of hydrogen-bond donors (Lipinski definition) is 1. The highest BCUT2D eigenvalue weighted by Gasteiger charge is 2.04. The first-order valence-electron chi connectivity index (χ1n) is 5.47. The fraction of sp³-hybridized carbons (Fsp3) is 0.231. The van der Waals surface area contributed by atoms with Crippen LogP contribution in [0, 0.1) is 6.92 Å². The minimum Gasteiger partial charge on any atom is -0.487 e. The summed E-state index contributed by atoms with van der Waals surface area (Å²) in [5, 5.41) is 8.65. The summed E-state index contributed by atoms with van der Waals surface area (Å²) in [7, 11) is 0. The second-order valence-corrected chi connectivity index (χ2v) is 3.86. The first-order valence-corrected chi connectivity index (χ1v) is 5.47. The molecule has 2 rings (SSSR count). The zero-order valence-electron chi connectivity index (χ0n) is 9.92. The number of carbonyl (C=O) groups is 1. The molecule has 5 heteroatoms. The largest absolute Gasteiger partial charge is 0.487 e. The van der Waals surface area contributed by atoms with Crippen molar-refractivity contribution >= 4 is 5.97 Å². The fourth-order valence-corrected chi connectivity index (χ4v) is 1.50. The molecule has 0 aliphatic rings. The molecule has 0 bridgehead atoms. The van der Waals surface area contributed by atoms with Gasteiger partial charge in [-0.05, 0) is 24.6 Å². The number of ether oxygens (including phenoxy) is 1. The van der Waals surface area contributed by atoms with Crippen LogP contribution in [0.25, 0.3) is 0 Å². The van der Waals surface area contributed by atoms with Crippen molar-refractivity contribution in [2.75, 3.05) is 0 Å². The van der Waals surface area contributed by atoms with Gasteiger partial charge in [-0.3, -0.25) is 4.79 Å². The van der Waals surface area contributed by atoms with Gasteiger partial charge in [-0.15, -0.1) is 0 Å². The maximum absolute atomic E-state index is 10.5. The van der Waals surface area contributed by atoms with Crippen LogP contribution in [-0.4, -0.2) is 16.1 Å². The van der Waals surface area contributed by atoms with Gasteiger partial charge in [0.05, 0.1) is 6.42 Å². The van der Waals surface area contributed by atoms with Crippen molar-refractivity contribution in [1.29, 1.82) is 0 Å². The van der Waals surface area contributed by atoms with Gasteiger partial charge in [0.1, 0.15) is 23.8 Å². The smallest absolute Gasteiger partial charge is 0.307 e. The van der Waals surface area contributed by atoms with E-state index >= 15 is 0 Å². The summed E-state index contributed by atoms with van der Waals surface area (Å²) >= 11 is 0. The molecule has 0 unspecified atom stereocenters. The summed E-state index contributed by atoms with van der Waals surface area (Å²) in [5.74, 6) is 0.561. The van der Waals surface area contributed by atoms with Crippen molar-refractivity contribution in [3.05, 3.63) is 47.7 Å². The Hall–Kier alpha value is -2.30. The Balaban J connectivity index is 1.94. The number of aromatic nitrogens is 1. The average Bonchev–Trinajstić information content (AvgIpc) is 2.73. The number of hydrogen-bond acceptors (Lipinski definition) is 4. The zero-order valence-corrected chi connectivity index (χ0v) is 9.92. The standard InChI is InChI=1S/C13H13NO4/c1-9-12(14-8-18-9)7-17-11-4-2-10(3-5-11)6-13(15)16/h2-5,8H,6-7H2,1H3,(H,15,16).